The third-order valence-corrected chi connectivity index (χ3v) is 7.52. The summed E-state index contributed by atoms with van der Waals surface area (Å²) in [4.78, 5) is 20.6. The molecule has 5 aromatic rings. The number of hydrogen-bond acceptors (Lipinski definition) is 5. The van der Waals surface area contributed by atoms with E-state index in [1.54, 1.807) is 32.0 Å². The van der Waals surface area contributed by atoms with Gasteiger partial charge in [0.1, 0.15) is 29.9 Å². The quantitative estimate of drug-likeness (QED) is 0.126. The molecule has 10 heteroatoms. The van der Waals surface area contributed by atoms with Crippen molar-refractivity contribution in [3.8, 4) is 17.1 Å². The number of pyridine rings is 1. The molecule has 5 rings (SSSR count). The zero-order valence-electron chi connectivity index (χ0n) is 25.9. The Bertz CT molecular complexity index is 2000. The highest BCUT2D eigenvalue weighted by Crippen LogP contribution is 2.28. The summed E-state index contributed by atoms with van der Waals surface area (Å²) in [6.45, 7) is 7.70. The first-order valence-corrected chi connectivity index (χ1v) is 14.9. The number of carbonyl (C=O) groups is 1. The van der Waals surface area contributed by atoms with Gasteiger partial charge in [-0.05, 0) is 85.2 Å². The molecule has 0 fully saturated rings. The summed E-state index contributed by atoms with van der Waals surface area (Å²) in [5.41, 5.74) is 3.27. The normalized spacial score (nSPS) is 12.1. The first-order chi connectivity index (χ1) is 22.6. The van der Waals surface area contributed by atoms with E-state index in [0.29, 0.717) is 41.1 Å². The van der Waals surface area contributed by atoms with Gasteiger partial charge in [0.15, 0.2) is 0 Å². The number of fused-ring (bicyclic) bond motifs is 1. The number of aromatic nitrogens is 3. The molecule has 0 amide bonds. The second-order valence-electron chi connectivity index (χ2n) is 11.0. The topological polar surface area (TPSA) is 89.3 Å². The molecule has 2 heterocycles. The third-order valence-electron chi connectivity index (χ3n) is 7.52. The van der Waals surface area contributed by atoms with E-state index in [1.165, 1.54) is 30.4 Å². The van der Waals surface area contributed by atoms with E-state index in [2.05, 4.69) is 21.9 Å². The van der Waals surface area contributed by atoms with E-state index in [0.717, 1.165) is 17.8 Å². The minimum atomic E-state index is -1.08. The Morgan fingerprint density at radius 2 is 1.79 bits per heavy atom. The van der Waals surface area contributed by atoms with Gasteiger partial charge in [0.05, 0.1) is 22.3 Å². The summed E-state index contributed by atoms with van der Waals surface area (Å²) in [5.74, 6) is -2.31. The molecule has 0 spiro atoms. The molecule has 240 valence electrons. The number of nitrogens with zero attached hydrogens (tertiary/aromatic N) is 3. The van der Waals surface area contributed by atoms with Crippen molar-refractivity contribution in [3.05, 3.63) is 143 Å². The van der Waals surface area contributed by atoms with Crippen LogP contribution in [0.1, 0.15) is 35.6 Å². The number of benzene rings is 3. The fourth-order valence-electron chi connectivity index (χ4n) is 4.93. The lowest BCUT2D eigenvalue weighted by Gasteiger charge is -2.13. The zero-order valence-corrected chi connectivity index (χ0v) is 25.9. The largest absolute Gasteiger partial charge is 0.478 e. The Morgan fingerprint density at radius 3 is 2.53 bits per heavy atom. The van der Waals surface area contributed by atoms with Crippen molar-refractivity contribution >= 4 is 22.7 Å². The number of hydrogen-bond donors (Lipinski definition) is 2. The van der Waals surface area contributed by atoms with Crippen LogP contribution >= 0.6 is 0 Å². The number of rotatable bonds is 13. The Morgan fingerprint density at radius 1 is 1.00 bits per heavy atom. The Labute approximate surface area is 270 Å². The highest BCUT2D eigenvalue weighted by Gasteiger charge is 2.18. The first kappa shape index (κ1) is 32.7. The van der Waals surface area contributed by atoms with Crippen LogP contribution in [-0.2, 0) is 13.0 Å². The summed E-state index contributed by atoms with van der Waals surface area (Å²) < 4.78 is 53.0. The Balaban J connectivity index is 1.39. The van der Waals surface area contributed by atoms with Gasteiger partial charge in [-0.2, -0.15) is 0 Å². The molecule has 0 atom stereocenters. The van der Waals surface area contributed by atoms with Gasteiger partial charge in [-0.1, -0.05) is 36.9 Å². The molecular weight excluding hydrogens is 605 g/mol. The summed E-state index contributed by atoms with van der Waals surface area (Å²) in [6, 6.07) is 21.0. The SMILES string of the molecule is C=C/C(C)=C\C(F)=C(/C)COc1cccc(-c2cc(F)c(Cc3nc4ccc(C(=O)O)cc4n3CCNc3ccccc3)cc2F)n1. The maximum Gasteiger partial charge on any atom is 0.335 e. The van der Waals surface area contributed by atoms with Crippen LogP contribution in [0.25, 0.3) is 22.3 Å². The maximum atomic E-state index is 15.6. The molecular formula is C37H33F3N4O3. The Hall–Kier alpha value is -5.64. The van der Waals surface area contributed by atoms with Gasteiger partial charge in [0, 0.05) is 36.8 Å². The maximum absolute atomic E-state index is 15.6. The van der Waals surface area contributed by atoms with E-state index < -0.39 is 23.4 Å². The monoisotopic (exact) mass is 638 g/mol. The molecule has 0 aliphatic heterocycles. The second-order valence-corrected chi connectivity index (χ2v) is 11.0. The van der Waals surface area contributed by atoms with Crippen LogP contribution < -0.4 is 10.1 Å². The van der Waals surface area contributed by atoms with Crippen LogP contribution in [-0.4, -0.2) is 38.8 Å². The smallest absolute Gasteiger partial charge is 0.335 e. The number of allylic oxidation sites excluding steroid dienone is 4. The van der Waals surface area contributed by atoms with Gasteiger partial charge in [-0.15, -0.1) is 0 Å². The van der Waals surface area contributed by atoms with Crippen molar-refractivity contribution < 1.29 is 27.8 Å². The van der Waals surface area contributed by atoms with Crippen molar-refractivity contribution in [2.24, 2.45) is 0 Å². The molecule has 0 radical (unpaired) electrons. The highest BCUT2D eigenvalue weighted by atomic mass is 19.1. The molecule has 2 aromatic heterocycles. The lowest BCUT2D eigenvalue weighted by Crippen LogP contribution is -2.14. The van der Waals surface area contributed by atoms with Crippen molar-refractivity contribution in [2.75, 3.05) is 18.5 Å². The van der Waals surface area contributed by atoms with E-state index >= 15 is 8.78 Å². The van der Waals surface area contributed by atoms with Crippen molar-refractivity contribution in [2.45, 2.75) is 26.8 Å². The fraction of sp³-hybridized carbons (Fsp3) is 0.162. The van der Waals surface area contributed by atoms with Gasteiger partial charge >= 0.3 is 5.97 Å². The molecule has 0 aliphatic carbocycles. The molecule has 7 nitrogen and oxygen atoms in total. The summed E-state index contributed by atoms with van der Waals surface area (Å²) in [5, 5.41) is 12.9. The minimum Gasteiger partial charge on any atom is -0.478 e. The molecule has 0 unspecified atom stereocenters. The van der Waals surface area contributed by atoms with Crippen molar-refractivity contribution in [3.63, 3.8) is 0 Å². The predicted octanol–water partition coefficient (Wildman–Crippen LogP) is 8.53. The molecule has 0 saturated heterocycles. The number of anilines is 1. The van der Waals surface area contributed by atoms with E-state index in [1.807, 2.05) is 34.9 Å². The number of ether oxygens (including phenoxy) is 1. The van der Waals surface area contributed by atoms with Crippen LogP contribution in [0, 0.1) is 11.6 Å². The summed E-state index contributed by atoms with van der Waals surface area (Å²) in [6.07, 6.45) is 2.84. The number of para-hydroxylation sites is 1. The van der Waals surface area contributed by atoms with Crippen LogP contribution in [0.2, 0.25) is 0 Å². The van der Waals surface area contributed by atoms with E-state index in [9.17, 15) is 14.3 Å². The van der Waals surface area contributed by atoms with Gasteiger partial charge in [-0.25, -0.2) is 27.9 Å². The van der Waals surface area contributed by atoms with E-state index in [4.69, 9.17) is 4.74 Å². The lowest BCUT2D eigenvalue weighted by molar-refractivity contribution is 0.0697. The Kier molecular flexibility index (Phi) is 10.2. The third kappa shape index (κ3) is 7.96. The molecule has 0 bridgehead atoms. The average molecular weight is 639 g/mol. The zero-order chi connectivity index (χ0) is 33.5. The number of aromatic carboxylic acids is 1. The second kappa shape index (κ2) is 14.6. The number of halogens is 3. The number of carboxylic acids is 1. The summed E-state index contributed by atoms with van der Waals surface area (Å²) in [7, 11) is 0. The van der Waals surface area contributed by atoms with Gasteiger partial charge in [0.2, 0.25) is 5.88 Å². The number of imidazole rings is 1. The van der Waals surface area contributed by atoms with Crippen molar-refractivity contribution in [1.82, 2.24) is 14.5 Å². The average Bonchev–Trinajstić information content (AvgIpc) is 3.41. The van der Waals surface area contributed by atoms with Crippen LogP contribution in [0.15, 0.2) is 115 Å². The molecule has 47 heavy (non-hydrogen) atoms. The van der Waals surface area contributed by atoms with E-state index in [-0.39, 0.29) is 41.3 Å². The highest BCUT2D eigenvalue weighted by molar-refractivity contribution is 5.92. The van der Waals surface area contributed by atoms with Crippen LogP contribution in [0.3, 0.4) is 0 Å². The predicted molar refractivity (Wildman–Crippen MR) is 177 cm³/mol. The summed E-state index contributed by atoms with van der Waals surface area (Å²) >= 11 is 0. The van der Waals surface area contributed by atoms with Crippen molar-refractivity contribution in [1.29, 1.82) is 0 Å². The van der Waals surface area contributed by atoms with Gasteiger partial charge in [0.25, 0.3) is 0 Å². The van der Waals surface area contributed by atoms with Crippen LogP contribution in [0.4, 0.5) is 18.9 Å². The molecule has 0 saturated carbocycles. The molecule has 2 N–H and O–H groups in total. The molecule has 3 aromatic carbocycles. The standard InChI is InChI=1S/C37H33F3N4O3/c1-4-23(2)17-29(38)24(3)22-47-36-12-8-11-32(43-36)28-21-30(39)26(18-31(28)40)20-35-42-33-14-13-25(37(45)46)19-34(33)44(35)16-15-41-27-9-6-5-7-10-27/h4-14,17-19,21,41H,1,15-16,20,22H2,2-3H3,(H,45,46)/b23-17-,29-24-. The van der Waals surface area contributed by atoms with Crippen LogP contribution in [0.5, 0.6) is 5.88 Å². The number of carboxylic acid groups (broad SMARTS) is 1. The molecule has 0 aliphatic rings. The van der Waals surface area contributed by atoms with Gasteiger partial charge in [-0.3, -0.25) is 0 Å². The first-order valence-electron chi connectivity index (χ1n) is 14.9. The fourth-order valence-corrected chi connectivity index (χ4v) is 4.93. The minimum absolute atomic E-state index is 0.0427. The number of nitrogens with one attached hydrogen (secondary N) is 1. The lowest BCUT2D eigenvalue weighted by atomic mass is 10.0. The van der Waals surface area contributed by atoms with Gasteiger partial charge < -0.3 is 19.7 Å².